The molecule has 15 rings (SSSR count). The van der Waals surface area contributed by atoms with Gasteiger partial charge in [-0.2, -0.15) is 0 Å². The van der Waals surface area contributed by atoms with Crippen molar-refractivity contribution in [3.05, 3.63) is 285 Å². The van der Waals surface area contributed by atoms with Crippen LogP contribution in [0.4, 0.5) is 34.1 Å². The average Bonchev–Trinajstić information content (AvgIpc) is 4.12. The monoisotopic (exact) mass is 969 g/mol. The highest BCUT2D eigenvalue weighted by atomic mass is 16.3. The summed E-state index contributed by atoms with van der Waals surface area (Å²) in [4.78, 5) is 4.68. The van der Waals surface area contributed by atoms with Crippen LogP contribution in [-0.4, -0.2) is 4.57 Å². The Morgan fingerprint density at radius 3 is 1.29 bits per heavy atom. The molecule has 0 spiro atoms. The topological polar surface area (TPSA) is 24.6 Å². The molecular formula is C72H47N3O. The Bertz CT molecular complexity index is 4600. The molecule has 2 aromatic heterocycles. The van der Waals surface area contributed by atoms with Crippen molar-refractivity contribution in [3.63, 3.8) is 0 Å². The number of aromatic nitrogens is 1. The van der Waals surface area contributed by atoms with E-state index < -0.39 is 0 Å². The van der Waals surface area contributed by atoms with Crippen molar-refractivity contribution in [1.82, 2.24) is 4.57 Å². The summed E-state index contributed by atoms with van der Waals surface area (Å²) >= 11 is 0. The first-order chi connectivity index (χ1) is 37.7. The fourth-order valence-corrected chi connectivity index (χ4v) is 11.8. The van der Waals surface area contributed by atoms with Crippen molar-refractivity contribution in [3.8, 4) is 27.9 Å². The number of hydrogen-bond acceptors (Lipinski definition) is 3. The molecule has 2 heterocycles. The standard InChI is InChI=1S/C72H47N3O/c1-4-17-51(18-5-1)73(55-38-33-49(34-39-55)58-28-16-29-65-64-27-14-15-30-71(64)76-72(58)65)54-36-31-48(32-37-54)50-35-43-69-67(45-50)68-47-56(74(52-19-6-2-7-20-52)53-21-8-3-9-22-53)41-44-70(68)75(69)57-40-42-63-61-25-11-10-23-59(61)60-24-12-13-26-62(60)66(63)46-57/h1-47H. The molecule has 0 saturated heterocycles. The van der Waals surface area contributed by atoms with Crippen molar-refractivity contribution in [1.29, 1.82) is 0 Å². The number of hydrogen-bond donors (Lipinski definition) is 0. The highest BCUT2D eigenvalue weighted by Crippen LogP contribution is 2.44. The number of para-hydroxylation sites is 5. The molecular weight excluding hydrogens is 923 g/mol. The molecule has 0 aliphatic rings. The fourth-order valence-electron chi connectivity index (χ4n) is 11.8. The predicted molar refractivity (Wildman–Crippen MR) is 321 cm³/mol. The molecule has 0 fully saturated rings. The summed E-state index contributed by atoms with van der Waals surface area (Å²) in [5.41, 5.74) is 16.2. The van der Waals surface area contributed by atoms with E-state index in [1.807, 2.05) is 12.1 Å². The van der Waals surface area contributed by atoms with Gasteiger partial charge in [-0.1, -0.05) is 176 Å². The molecule has 15 aromatic rings. The van der Waals surface area contributed by atoms with Crippen molar-refractivity contribution in [2.24, 2.45) is 0 Å². The smallest absolute Gasteiger partial charge is 0.143 e. The molecule has 0 unspecified atom stereocenters. The van der Waals surface area contributed by atoms with Crippen LogP contribution in [-0.2, 0) is 0 Å². The Morgan fingerprint density at radius 1 is 0.250 bits per heavy atom. The van der Waals surface area contributed by atoms with E-state index in [2.05, 4.69) is 287 Å². The molecule has 356 valence electrons. The van der Waals surface area contributed by atoms with E-state index in [0.29, 0.717) is 0 Å². The third-order valence-corrected chi connectivity index (χ3v) is 15.3. The predicted octanol–water partition coefficient (Wildman–Crippen LogP) is 20.4. The van der Waals surface area contributed by atoms with E-state index in [0.717, 1.165) is 95.0 Å². The number of anilines is 6. The van der Waals surface area contributed by atoms with Crippen LogP contribution in [0.15, 0.2) is 290 Å². The zero-order valence-electron chi connectivity index (χ0n) is 41.4. The van der Waals surface area contributed by atoms with Crippen molar-refractivity contribution in [2.75, 3.05) is 9.80 Å². The van der Waals surface area contributed by atoms with Crippen LogP contribution in [0, 0.1) is 0 Å². The molecule has 4 heteroatoms. The van der Waals surface area contributed by atoms with Crippen molar-refractivity contribution >= 4 is 110 Å². The van der Waals surface area contributed by atoms with Crippen LogP contribution >= 0.6 is 0 Å². The van der Waals surface area contributed by atoms with Gasteiger partial charge in [0.15, 0.2) is 0 Å². The molecule has 13 aromatic carbocycles. The van der Waals surface area contributed by atoms with Crippen LogP contribution < -0.4 is 9.80 Å². The lowest BCUT2D eigenvalue weighted by Gasteiger charge is -2.26. The number of fused-ring (bicyclic) bond motifs is 12. The summed E-state index contributed by atoms with van der Waals surface area (Å²) in [5.74, 6) is 0. The minimum Gasteiger partial charge on any atom is -0.455 e. The van der Waals surface area contributed by atoms with Crippen LogP contribution in [0.1, 0.15) is 0 Å². The quantitative estimate of drug-likeness (QED) is 0.135. The summed E-state index contributed by atoms with van der Waals surface area (Å²) < 4.78 is 8.90. The molecule has 0 aliphatic carbocycles. The molecule has 0 saturated carbocycles. The van der Waals surface area contributed by atoms with Gasteiger partial charge >= 0.3 is 0 Å². The highest BCUT2D eigenvalue weighted by molar-refractivity contribution is 6.26. The normalized spacial score (nSPS) is 11.7. The van der Waals surface area contributed by atoms with Gasteiger partial charge in [-0.05, 0) is 158 Å². The Morgan fingerprint density at radius 2 is 0.684 bits per heavy atom. The van der Waals surface area contributed by atoms with E-state index in [1.54, 1.807) is 0 Å². The summed E-state index contributed by atoms with van der Waals surface area (Å²) in [6.45, 7) is 0. The van der Waals surface area contributed by atoms with E-state index in [4.69, 9.17) is 4.42 Å². The summed E-state index contributed by atoms with van der Waals surface area (Å²) in [5, 5.41) is 12.2. The molecule has 0 radical (unpaired) electrons. The van der Waals surface area contributed by atoms with Gasteiger partial charge in [0.2, 0.25) is 0 Å². The summed E-state index contributed by atoms with van der Waals surface area (Å²) in [7, 11) is 0. The Hall–Kier alpha value is -10.2. The first-order valence-corrected chi connectivity index (χ1v) is 26.0. The van der Waals surface area contributed by atoms with Gasteiger partial charge in [-0.25, -0.2) is 0 Å². The minimum absolute atomic E-state index is 0.902. The van der Waals surface area contributed by atoms with Gasteiger partial charge in [0.25, 0.3) is 0 Å². The lowest BCUT2D eigenvalue weighted by Crippen LogP contribution is -2.09. The maximum atomic E-state index is 6.44. The SMILES string of the molecule is c1ccc(N(c2ccc(-c3ccc4c(c3)c3cc(N(c5ccccc5)c5ccccc5)ccc3n4-c3ccc4c5ccccc5c5ccccc5c4c3)cc2)c2ccc(-c3cccc4c3oc3ccccc34)cc2)cc1. The lowest BCUT2D eigenvalue weighted by atomic mass is 9.94. The van der Waals surface area contributed by atoms with Crippen LogP contribution in [0.3, 0.4) is 0 Å². The van der Waals surface area contributed by atoms with E-state index >= 15 is 0 Å². The van der Waals surface area contributed by atoms with Gasteiger partial charge in [-0.15, -0.1) is 0 Å². The molecule has 4 nitrogen and oxygen atoms in total. The Kier molecular flexibility index (Phi) is 10.2. The van der Waals surface area contributed by atoms with Gasteiger partial charge in [0.1, 0.15) is 11.2 Å². The second-order valence-corrected chi connectivity index (χ2v) is 19.6. The zero-order valence-corrected chi connectivity index (χ0v) is 41.4. The van der Waals surface area contributed by atoms with Crippen LogP contribution in [0.5, 0.6) is 0 Å². The molecule has 0 N–H and O–H groups in total. The molecule has 0 aliphatic heterocycles. The second-order valence-electron chi connectivity index (χ2n) is 19.6. The molecule has 76 heavy (non-hydrogen) atoms. The fraction of sp³-hybridized carbons (Fsp3) is 0. The average molecular weight is 970 g/mol. The summed E-state index contributed by atoms with van der Waals surface area (Å²) in [6.07, 6.45) is 0. The Labute approximate surface area is 439 Å². The van der Waals surface area contributed by atoms with E-state index in [-0.39, 0.29) is 0 Å². The van der Waals surface area contributed by atoms with E-state index in [1.165, 1.54) is 43.1 Å². The molecule has 0 amide bonds. The number of nitrogens with zero attached hydrogens (tertiary/aromatic N) is 3. The lowest BCUT2D eigenvalue weighted by molar-refractivity contribution is 0.670. The number of furan rings is 1. The zero-order chi connectivity index (χ0) is 50.1. The van der Waals surface area contributed by atoms with Crippen molar-refractivity contribution < 1.29 is 4.42 Å². The first kappa shape index (κ1) is 43.4. The van der Waals surface area contributed by atoms with Gasteiger partial charge in [-0.3, -0.25) is 0 Å². The summed E-state index contributed by atoms with van der Waals surface area (Å²) in [6, 6.07) is 103. The van der Waals surface area contributed by atoms with Gasteiger partial charge in [0.05, 0.1) is 11.0 Å². The van der Waals surface area contributed by atoms with Crippen molar-refractivity contribution in [2.45, 2.75) is 0 Å². The largest absolute Gasteiger partial charge is 0.455 e. The van der Waals surface area contributed by atoms with Gasteiger partial charge in [0, 0.05) is 66.9 Å². The van der Waals surface area contributed by atoms with Crippen LogP contribution in [0.25, 0.3) is 104 Å². The van der Waals surface area contributed by atoms with Crippen LogP contribution in [0.2, 0.25) is 0 Å². The molecule has 0 bridgehead atoms. The maximum absolute atomic E-state index is 6.44. The Balaban J connectivity index is 0.860. The first-order valence-electron chi connectivity index (χ1n) is 26.0. The maximum Gasteiger partial charge on any atom is 0.143 e. The van der Waals surface area contributed by atoms with Gasteiger partial charge < -0.3 is 18.8 Å². The van der Waals surface area contributed by atoms with E-state index in [9.17, 15) is 0 Å². The third-order valence-electron chi connectivity index (χ3n) is 15.3. The number of rotatable bonds is 9. The minimum atomic E-state index is 0.902. The highest BCUT2D eigenvalue weighted by Gasteiger charge is 2.21. The third kappa shape index (κ3) is 7.14. The molecule has 0 atom stereocenters. The number of benzene rings is 13. The second kappa shape index (κ2) is 17.8.